The van der Waals surface area contributed by atoms with E-state index >= 15 is 0 Å². The highest BCUT2D eigenvalue weighted by Gasteiger charge is 2.22. The minimum Gasteiger partial charge on any atom is -0.272 e. The topological polar surface area (TPSA) is 85.2 Å². The summed E-state index contributed by atoms with van der Waals surface area (Å²) in [5.41, 5.74) is 3.85. The third kappa shape index (κ3) is 3.36. The Kier molecular flexibility index (Phi) is 4.48. The van der Waals surface area contributed by atoms with Gasteiger partial charge in [-0.25, -0.2) is 14.6 Å². The van der Waals surface area contributed by atoms with Crippen molar-refractivity contribution in [3.05, 3.63) is 42.4 Å². The second kappa shape index (κ2) is 7.08. The lowest BCUT2D eigenvalue weighted by atomic mass is 10.1. The van der Waals surface area contributed by atoms with Gasteiger partial charge < -0.3 is 0 Å². The number of nitriles is 1. The fourth-order valence-electron chi connectivity index (χ4n) is 3.02. The van der Waals surface area contributed by atoms with Crippen molar-refractivity contribution >= 4 is 0 Å². The maximum absolute atomic E-state index is 9.31. The quantitative estimate of drug-likeness (QED) is 0.655. The standard InChI is InChI=1S/C19H21N7/c1-2-3-4-16-15(17-7-8-25(23-17)11-14-5-6-14)12-26(24-16)19-10-21-13-22-18(19)9-20/h7-8,10,12-14H,2-6,11H2,1H3. The highest BCUT2D eigenvalue weighted by atomic mass is 15.3. The van der Waals surface area contributed by atoms with E-state index in [1.54, 1.807) is 10.9 Å². The van der Waals surface area contributed by atoms with E-state index in [0.29, 0.717) is 11.4 Å². The maximum Gasteiger partial charge on any atom is 0.169 e. The van der Waals surface area contributed by atoms with Crippen LogP contribution in [0.4, 0.5) is 0 Å². The number of hydrogen-bond acceptors (Lipinski definition) is 5. The van der Waals surface area contributed by atoms with Gasteiger partial charge >= 0.3 is 0 Å². The molecule has 0 atom stereocenters. The van der Waals surface area contributed by atoms with E-state index < -0.39 is 0 Å². The zero-order chi connectivity index (χ0) is 17.9. The Morgan fingerprint density at radius 3 is 2.96 bits per heavy atom. The second-order valence-corrected chi connectivity index (χ2v) is 6.77. The molecule has 1 fully saturated rings. The molecule has 0 radical (unpaired) electrons. The minimum absolute atomic E-state index is 0.315. The van der Waals surface area contributed by atoms with Crippen LogP contribution in [0, 0.1) is 17.2 Å². The van der Waals surface area contributed by atoms with E-state index in [9.17, 15) is 5.26 Å². The van der Waals surface area contributed by atoms with Crippen LogP contribution >= 0.6 is 0 Å². The average molecular weight is 347 g/mol. The van der Waals surface area contributed by atoms with E-state index in [-0.39, 0.29) is 0 Å². The van der Waals surface area contributed by atoms with Crippen molar-refractivity contribution in [3.63, 3.8) is 0 Å². The van der Waals surface area contributed by atoms with Crippen LogP contribution in [0.25, 0.3) is 16.9 Å². The first-order chi connectivity index (χ1) is 12.8. The van der Waals surface area contributed by atoms with Crippen LogP contribution in [-0.2, 0) is 13.0 Å². The highest BCUT2D eigenvalue weighted by molar-refractivity contribution is 5.62. The third-order valence-electron chi connectivity index (χ3n) is 4.66. The van der Waals surface area contributed by atoms with E-state index in [0.717, 1.165) is 48.7 Å². The minimum atomic E-state index is 0.315. The van der Waals surface area contributed by atoms with Crippen LogP contribution < -0.4 is 0 Å². The lowest BCUT2D eigenvalue weighted by Crippen LogP contribution is -2.01. The Morgan fingerprint density at radius 1 is 1.31 bits per heavy atom. The number of aromatic nitrogens is 6. The molecule has 0 spiro atoms. The number of nitrogens with zero attached hydrogens (tertiary/aromatic N) is 7. The summed E-state index contributed by atoms with van der Waals surface area (Å²) in [6.07, 6.45) is 12.6. The van der Waals surface area contributed by atoms with Crippen molar-refractivity contribution in [3.8, 4) is 23.0 Å². The lowest BCUT2D eigenvalue weighted by Gasteiger charge is -2.01. The number of rotatable bonds is 7. The molecule has 26 heavy (non-hydrogen) atoms. The molecule has 3 aromatic heterocycles. The van der Waals surface area contributed by atoms with Gasteiger partial charge in [-0.1, -0.05) is 13.3 Å². The molecule has 7 heteroatoms. The molecule has 0 aliphatic heterocycles. The van der Waals surface area contributed by atoms with Gasteiger partial charge in [-0.15, -0.1) is 0 Å². The summed E-state index contributed by atoms with van der Waals surface area (Å²) in [5.74, 6) is 0.782. The summed E-state index contributed by atoms with van der Waals surface area (Å²) in [5, 5.41) is 18.8. The Hall–Kier alpha value is -3.01. The van der Waals surface area contributed by atoms with Crippen LogP contribution in [0.5, 0.6) is 0 Å². The molecular formula is C19H21N7. The van der Waals surface area contributed by atoms with Crippen LogP contribution in [0.1, 0.15) is 44.0 Å². The molecule has 0 bridgehead atoms. The molecular weight excluding hydrogens is 326 g/mol. The van der Waals surface area contributed by atoms with Gasteiger partial charge in [0, 0.05) is 24.5 Å². The molecule has 3 heterocycles. The van der Waals surface area contributed by atoms with Crippen LogP contribution in [-0.4, -0.2) is 29.5 Å². The van der Waals surface area contributed by atoms with E-state index in [1.165, 1.54) is 19.2 Å². The summed E-state index contributed by atoms with van der Waals surface area (Å²) in [6.45, 7) is 3.16. The fourth-order valence-corrected chi connectivity index (χ4v) is 3.02. The molecule has 1 aliphatic rings. The average Bonchev–Trinajstić information content (AvgIpc) is 3.19. The Bertz CT molecular complexity index is 943. The first kappa shape index (κ1) is 16.5. The first-order valence-electron chi connectivity index (χ1n) is 9.11. The SMILES string of the molecule is CCCCc1nn(-c2cncnc2C#N)cc1-c1ccn(CC2CC2)n1. The van der Waals surface area contributed by atoms with Crippen molar-refractivity contribution in [2.45, 2.75) is 45.6 Å². The molecule has 7 nitrogen and oxygen atoms in total. The molecule has 0 amide bonds. The van der Waals surface area contributed by atoms with Gasteiger partial charge in [0.05, 0.1) is 17.6 Å². The van der Waals surface area contributed by atoms with Gasteiger partial charge in [0.25, 0.3) is 0 Å². The zero-order valence-electron chi connectivity index (χ0n) is 14.8. The molecule has 0 saturated heterocycles. The van der Waals surface area contributed by atoms with Crippen molar-refractivity contribution in [2.75, 3.05) is 0 Å². The lowest BCUT2D eigenvalue weighted by molar-refractivity contribution is 0.564. The highest BCUT2D eigenvalue weighted by Crippen LogP contribution is 2.31. The second-order valence-electron chi connectivity index (χ2n) is 6.77. The van der Waals surface area contributed by atoms with Crippen molar-refractivity contribution in [1.82, 2.24) is 29.5 Å². The summed E-state index contributed by atoms with van der Waals surface area (Å²) in [6, 6.07) is 4.15. The van der Waals surface area contributed by atoms with E-state index in [1.807, 2.05) is 23.1 Å². The third-order valence-corrected chi connectivity index (χ3v) is 4.66. The molecule has 1 aliphatic carbocycles. The van der Waals surface area contributed by atoms with Gasteiger partial charge in [0.1, 0.15) is 18.1 Å². The molecule has 0 aromatic carbocycles. The molecule has 132 valence electrons. The van der Waals surface area contributed by atoms with Crippen molar-refractivity contribution in [1.29, 1.82) is 5.26 Å². The monoisotopic (exact) mass is 347 g/mol. The van der Waals surface area contributed by atoms with E-state index in [2.05, 4.69) is 23.0 Å². The van der Waals surface area contributed by atoms with Crippen LogP contribution in [0.3, 0.4) is 0 Å². The predicted molar refractivity (Wildman–Crippen MR) is 96.4 cm³/mol. The number of unbranched alkanes of at least 4 members (excludes halogenated alkanes) is 1. The van der Waals surface area contributed by atoms with Gasteiger partial charge in [-0.3, -0.25) is 4.68 Å². The Labute approximate surface area is 152 Å². The Balaban J connectivity index is 1.71. The molecule has 1 saturated carbocycles. The van der Waals surface area contributed by atoms with Crippen molar-refractivity contribution < 1.29 is 0 Å². The zero-order valence-corrected chi connectivity index (χ0v) is 14.8. The van der Waals surface area contributed by atoms with Crippen LogP contribution in [0.15, 0.2) is 31.0 Å². The number of hydrogen-bond donors (Lipinski definition) is 0. The predicted octanol–water partition coefficient (Wildman–Crippen LogP) is 3.15. The van der Waals surface area contributed by atoms with Crippen molar-refractivity contribution in [2.24, 2.45) is 5.92 Å². The normalized spacial score (nSPS) is 13.7. The largest absolute Gasteiger partial charge is 0.272 e. The van der Waals surface area contributed by atoms with Gasteiger partial charge in [-0.2, -0.15) is 15.5 Å². The summed E-state index contributed by atoms with van der Waals surface area (Å²) >= 11 is 0. The van der Waals surface area contributed by atoms with Gasteiger partial charge in [-0.05, 0) is 37.7 Å². The first-order valence-corrected chi connectivity index (χ1v) is 9.11. The summed E-state index contributed by atoms with van der Waals surface area (Å²) in [4.78, 5) is 8.08. The van der Waals surface area contributed by atoms with Gasteiger partial charge in [0.15, 0.2) is 5.69 Å². The van der Waals surface area contributed by atoms with Crippen LogP contribution in [0.2, 0.25) is 0 Å². The molecule has 3 aromatic rings. The smallest absolute Gasteiger partial charge is 0.169 e. The number of aryl methyl sites for hydroxylation is 1. The fraction of sp³-hybridized carbons (Fsp3) is 0.421. The molecule has 0 unspecified atom stereocenters. The molecule has 4 rings (SSSR count). The van der Waals surface area contributed by atoms with E-state index in [4.69, 9.17) is 10.2 Å². The summed E-state index contributed by atoms with van der Waals surface area (Å²) in [7, 11) is 0. The summed E-state index contributed by atoms with van der Waals surface area (Å²) < 4.78 is 3.74. The maximum atomic E-state index is 9.31. The van der Waals surface area contributed by atoms with Gasteiger partial charge in [0.2, 0.25) is 0 Å². The Morgan fingerprint density at radius 2 is 2.19 bits per heavy atom. The molecule has 0 N–H and O–H groups in total.